The van der Waals surface area contributed by atoms with Gasteiger partial charge in [-0.3, -0.25) is 4.98 Å². The minimum Gasteiger partial charge on any atom is -0.504 e. The minimum atomic E-state index is 0.0986. The van der Waals surface area contributed by atoms with Gasteiger partial charge in [-0.05, 0) is 55.0 Å². The average Bonchev–Trinajstić information content (AvgIpc) is 2.61. The average molecular weight is 392 g/mol. The Hall–Kier alpha value is -2.17. The maximum Gasteiger partial charge on any atom is 0.167 e. The largest absolute Gasteiger partial charge is 0.504 e. The van der Waals surface area contributed by atoms with Gasteiger partial charge in [-0.15, -0.1) is 0 Å². The van der Waals surface area contributed by atoms with Crippen LogP contribution < -0.4 is 9.47 Å². The number of phenols is 1. The van der Waals surface area contributed by atoms with Crippen molar-refractivity contribution in [3.05, 3.63) is 57.8 Å². The van der Waals surface area contributed by atoms with Crippen LogP contribution in [0.5, 0.6) is 17.2 Å². The van der Waals surface area contributed by atoms with Crippen LogP contribution in [0.4, 0.5) is 0 Å². The van der Waals surface area contributed by atoms with Crippen LogP contribution in [0.15, 0.2) is 36.7 Å². The Morgan fingerprint density at radius 3 is 2.31 bits per heavy atom. The molecule has 136 valence electrons. The van der Waals surface area contributed by atoms with Crippen molar-refractivity contribution in [1.82, 2.24) is 4.98 Å². The number of benzene rings is 2. The first-order valence-electron chi connectivity index (χ1n) is 8.37. The molecule has 2 aromatic carbocycles. The number of nitrogens with zero attached hydrogens (tertiary/aromatic N) is 1. The molecule has 0 radical (unpaired) electrons. The number of rotatable bonds is 6. The molecule has 0 unspecified atom stereocenters. The van der Waals surface area contributed by atoms with Crippen LogP contribution in [0.2, 0.25) is 10.0 Å². The molecule has 3 aromatic rings. The van der Waals surface area contributed by atoms with Gasteiger partial charge >= 0.3 is 0 Å². The Bertz CT molecular complexity index is 921. The molecule has 0 aliphatic rings. The Kier molecular flexibility index (Phi) is 5.74. The normalized spacial score (nSPS) is 10.9. The molecule has 0 saturated carbocycles. The molecule has 1 N–H and O–H groups in total. The van der Waals surface area contributed by atoms with Gasteiger partial charge in [0.1, 0.15) is 0 Å². The van der Waals surface area contributed by atoms with Gasteiger partial charge in [0.2, 0.25) is 0 Å². The summed E-state index contributed by atoms with van der Waals surface area (Å²) >= 11 is 12.6. The van der Waals surface area contributed by atoms with E-state index in [1.807, 2.05) is 32.0 Å². The molecule has 1 heterocycles. The van der Waals surface area contributed by atoms with Crippen LogP contribution >= 0.6 is 23.2 Å². The smallest absolute Gasteiger partial charge is 0.167 e. The number of ether oxygens (including phenoxy) is 2. The first kappa shape index (κ1) is 18.6. The molecule has 4 nitrogen and oxygen atoms in total. The highest BCUT2D eigenvalue weighted by atomic mass is 35.5. The van der Waals surface area contributed by atoms with Crippen LogP contribution in [0.1, 0.15) is 25.0 Å². The second-order valence-electron chi connectivity index (χ2n) is 5.74. The third-order valence-electron chi connectivity index (χ3n) is 4.00. The van der Waals surface area contributed by atoms with Gasteiger partial charge in [-0.1, -0.05) is 29.3 Å². The molecule has 0 bridgehead atoms. The molecular weight excluding hydrogens is 373 g/mol. The van der Waals surface area contributed by atoms with Crippen molar-refractivity contribution in [3.63, 3.8) is 0 Å². The summed E-state index contributed by atoms with van der Waals surface area (Å²) in [5.74, 6) is 1.04. The van der Waals surface area contributed by atoms with E-state index in [1.54, 1.807) is 18.5 Å². The summed E-state index contributed by atoms with van der Waals surface area (Å²) in [6, 6.07) is 7.37. The number of pyridine rings is 1. The van der Waals surface area contributed by atoms with Crippen molar-refractivity contribution in [1.29, 1.82) is 0 Å². The van der Waals surface area contributed by atoms with Gasteiger partial charge in [-0.25, -0.2) is 0 Å². The van der Waals surface area contributed by atoms with E-state index in [0.29, 0.717) is 46.6 Å². The molecule has 0 spiro atoms. The van der Waals surface area contributed by atoms with Gasteiger partial charge < -0.3 is 14.6 Å². The van der Waals surface area contributed by atoms with Crippen LogP contribution in [0.25, 0.3) is 10.8 Å². The van der Waals surface area contributed by atoms with E-state index in [1.165, 1.54) is 0 Å². The lowest BCUT2D eigenvalue weighted by molar-refractivity contribution is 0.320. The first-order valence-corrected chi connectivity index (χ1v) is 9.12. The van der Waals surface area contributed by atoms with Gasteiger partial charge in [0, 0.05) is 17.8 Å². The zero-order valence-corrected chi connectivity index (χ0v) is 16.1. The monoisotopic (exact) mass is 391 g/mol. The Morgan fingerprint density at radius 1 is 0.962 bits per heavy atom. The Morgan fingerprint density at radius 2 is 1.65 bits per heavy atom. The first-order chi connectivity index (χ1) is 12.5. The number of halogens is 2. The molecule has 0 fully saturated rings. The number of hydrogen-bond acceptors (Lipinski definition) is 4. The van der Waals surface area contributed by atoms with E-state index >= 15 is 0 Å². The third kappa shape index (κ3) is 3.67. The molecule has 0 amide bonds. The second-order valence-corrected chi connectivity index (χ2v) is 6.55. The number of phenolic OH excluding ortho intramolecular Hbond substituents is 1. The quantitative estimate of drug-likeness (QED) is 0.590. The molecular formula is C20H19Cl2NO3. The number of hydrogen-bond donors (Lipinski definition) is 1. The predicted molar refractivity (Wildman–Crippen MR) is 105 cm³/mol. The van der Waals surface area contributed by atoms with Crippen LogP contribution in [0, 0.1) is 0 Å². The lowest BCUT2D eigenvalue weighted by Gasteiger charge is -2.13. The van der Waals surface area contributed by atoms with Gasteiger partial charge in [0.05, 0.1) is 23.3 Å². The SMILES string of the molecule is CCOc1ccc2c(Cc3cc(Cl)c(OCC)c(Cl)c3)cncc2c1O. The summed E-state index contributed by atoms with van der Waals surface area (Å²) in [6.45, 7) is 4.73. The van der Waals surface area contributed by atoms with Crippen molar-refractivity contribution < 1.29 is 14.6 Å². The molecule has 0 aliphatic heterocycles. The lowest BCUT2D eigenvalue weighted by Crippen LogP contribution is -1.97. The van der Waals surface area contributed by atoms with Crippen molar-refractivity contribution in [2.45, 2.75) is 20.3 Å². The summed E-state index contributed by atoms with van der Waals surface area (Å²) in [5.41, 5.74) is 1.89. The molecule has 26 heavy (non-hydrogen) atoms. The highest BCUT2D eigenvalue weighted by molar-refractivity contribution is 6.37. The fourth-order valence-corrected chi connectivity index (χ4v) is 3.54. The number of aromatic nitrogens is 1. The summed E-state index contributed by atoms with van der Waals surface area (Å²) in [5, 5.41) is 12.9. The Balaban J connectivity index is 2.00. The van der Waals surface area contributed by atoms with Crippen LogP contribution in [0.3, 0.4) is 0 Å². The van der Waals surface area contributed by atoms with E-state index in [4.69, 9.17) is 32.7 Å². The number of aromatic hydroxyl groups is 1. The summed E-state index contributed by atoms with van der Waals surface area (Å²) in [4.78, 5) is 4.26. The van der Waals surface area contributed by atoms with E-state index in [9.17, 15) is 5.11 Å². The minimum absolute atomic E-state index is 0.0986. The molecule has 0 saturated heterocycles. The molecule has 1 aromatic heterocycles. The third-order valence-corrected chi connectivity index (χ3v) is 4.56. The van der Waals surface area contributed by atoms with E-state index in [0.717, 1.165) is 16.5 Å². The van der Waals surface area contributed by atoms with Gasteiger partial charge in [0.15, 0.2) is 17.2 Å². The van der Waals surface area contributed by atoms with Crippen LogP contribution in [-0.4, -0.2) is 23.3 Å². The fraction of sp³-hybridized carbons (Fsp3) is 0.250. The zero-order chi connectivity index (χ0) is 18.7. The fourth-order valence-electron chi connectivity index (χ4n) is 2.90. The maximum absolute atomic E-state index is 10.4. The summed E-state index contributed by atoms with van der Waals surface area (Å²) in [6.07, 6.45) is 3.98. The predicted octanol–water partition coefficient (Wildman–Crippen LogP) is 5.64. The Labute approximate surface area is 162 Å². The number of fused-ring (bicyclic) bond motifs is 1. The van der Waals surface area contributed by atoms with Crippen molar-refractivity contribution in [3.8, 4) is 17.2 Å². The van der Waals surface area contributed by atoms with Crippen molar-refractivity contribution >= 4 is 34.0 Å². The van der Waals surface area contributed by atoms with Crippen LogP contribution in [-0.2, 0) is 6.42 Å². The summed E-state index contributed by atoms with van der Waals surface area (Å²) in [7, 11) is 0. The lowest BCUT2D eigenvalue weighted by atomic mass is 10.00. The standard InChI is InChI=1S/C20H19Cl2NO3/c1-3-25-18-6-5-14-13(10-23-11-15(14)19(18)24)7-12-8-16(21)20(26-4-2)17(22)9-12/h5-6,8-11,24H,3-4,7H2,1-2H3. The van der Waals surface area contributed by atoms with E-state index in [-0.39, 0.29) is 5.75 Å². The topological polar surface area (TPSA) is 51.6 Å². The zero-order valence-electron chi connectivity index (χ0n) is 14.6. The van der Waals surface area contributed by atoms with E-state index < -0.39 is 0 Å². The molecule has 0 atom stereocenters. The maximum atomic E-state index is 10.4. The van der Waals surface area contributed by atoms with Gasteiger partial charge in [0.25, 0.3) is 0 Å². The molecule has 3 rings (SSSR count). The highest BCUT2D eigenvalue weighted by Crippen LogP contribution is 2.38. The molecule has 6 heteroatoms. The van der Waals surface area contributed by atoms with Gasteiger partial charge in [-0.2, -0.15) is 0 Å². The van der Waals surface area contributed by atoms with E-state index in [2.05, 4.69) is 4.98 Å². The van der Waals surface area contributed by atoms with Crippen molar-refractivity contribution in [2.75, 3.05) is 13.2 Å². The highest BCUT2D eigenvalue weighted by Gasteiger charge is 2.13. The van der Waals surface area contributed by atoms with Crippen molar-refractivity contribution in [2.24, 2.45) is 0 Å². The second kappa shape index (κ2) is 8.02. The molecule has 0 aliphatic carbocycles. The summed E-state index contributed by atoms with van der Waals surface area (Å²) < 4.78 is 10.9.